The van der Waals surface area contributed by atoms with Gasteiger partial charge in [0, 0.05) is 19.2 Å². The zero-order chi connectivity index (χ0) is 15.2. The smallest absolute Gasteiger partial charge is 0.288 e. The second-order valence-corrected chi connectivity index (χ2v) is 5.97. The van der Waals surface area contributed by atoms with Crippen LogP contribution in [0.25, 0.3) is 0 Å². The summed E-state index contributed by atoms with van der Waals surface area (Å²) in [4.78, 5) is 12.9. The molecule has 0 amide bonds. The Morgan fingerprint density at radius 1 is 1.43 bits per heavy atom. The maximum Gasteiger partial charge on any atom is 0.288 e. The van der Waals surface area contributed by atoms with Gasteiger partial charge in [0.25, 0.3) is 5.69 Å². The SMILES string of the molecule is CCN(Cc1ccc(Cl)c([N+](=O)[O-])c1)CC1CCNCC1. The van der Waals surface area contributed by atoms with Crippen molar-refractivity contribution in [2.75, 3.05) is 26.2 Å². The number of hydrogen-bond acceptors (Lipinski definition) is 4. The lowest BCUT2D eigenvalue weighted by molar-refractivity contribution is -0.384. The van der Waals surface area contributed by atoms with E-state index in [-0.39, 0.29) is 10.7 Å². The zero-order valence-electron chi connectivity index (χ0n) is 12.3. The molecule has 0 atom stereocenters. The first kappa shape index (κ1) is 16.2. The molecule has 1 aliphatic heterocycles. The molecule has 0 spiro atoms. The van der Waals surface area contributed by atoms with Crippen LogP contribution in [0.1, 0.15) is 25.3 Å². The third-order valence-corrected chi connectivity index (χ3v) is 4.36. The van der Waals surface area contributed by atoms with E-state index in [0.717, 1.165) is 38.3 Å². The molecule has 1 N–H and O–H groups in total. The molecular weight excluding hydrogens is 290 g/mol. The Hall–Kier alpha value is -1.17. The molecule has 0 bridgehead atoms. The van der Waals surface area contributed by atoms with Crippen molar-refractivity contribution in [3.05, 3.63) is 38.9 Å². The predicted molar refractivity (Wildman–Crippen MR) is 84.7 cm³/mol. The van der Waals surface area contributed by atoms with Crippen molar-refractivity contribution >= 4 is 17.3 Å². The van der Waals surface area contributed by atoms with E-state index in [1.807, 2.05) is 6.07 Å². The Morgan fingerprint density at radius 2 is 2.14 bits per heavy atom. The van der Waals surface area contributed by atoms with Crippen molar-refractivity contribution in [3.8, 4) is 0 Å². The van der Waals surface area contributed by atoms with Crippen molar-refractivity contribution < 1.29 is 4.92 Å². The summed E-state index contributed by atoms with van der Waals surface area (Å²) in [5.41, 5.74) is 0.939. The average Bonchev–Trinajstić information content (AvgIpc) is 2.49. The van der Waals surface area contributed by atoms with Crippen molar-refractivity contribution in [2.45, 2.75) is 26.3 Å². The minimum absolute atomic E-state index is 0.00733. The molecule has 6 heteroatoms. The summed E-state index contributed by atoms with van der Waals surface area (Å²) < 4.78 is 0. The first-order valence-electron chi connectivity index (χ1n) is 7.46. The van der Waals surface area contributed by atoms with Gasteiger partial charge in [-0.1, -0.05) is 24.6 Å². The van der Waals surface area contributed by atoms with E-state index in [9.17, 15) is 10.1 Å². The second kappa shape index (κ2) is 7.73. The van der Waals surface area contributed by atoms with Crippen LogP contribution in [0.4, 0.5) is 5.69 Å². The van der Waals surface area contributed by atoms with Gasteiger partial charge in [0.2, 0.25) is 0 Å². The fraction of sp³-hybridized carbons (Fsp3) is 0.600. The fourth-order valence-electron chi connectivity index (χ4n) is 2.79. The van der Waals surface area contributed by atoms with E-state index >= 15 is 0 Å². The van der Waals surface area contributed by atoms with Crippen molar-refractivity contribution in [1.82, 2.24) is 10.2 Å². The Balaban J connectivity index is 2.00. The summed E-state index contributed by atoms with van der Waals surface area (Å²) in [6, 6.07) is 5.08. The van der Waals surface area contributed by atoms with E-state index in [4.69, 9.17) is 11.6 Å². The summed E-state index contributed by atoms with van der Waals surface area (Å²) >= 11 is 5.86. The molecule has 1 saturated heterocycles. The van der Waals surface area contributed by atoms with E-state index in [1.54, 1.807) is 12.1 Å². The molecule has 1 aromatic rings. The Labute approximate surface area is 130 Å². The molecule has 2 rings (SSSR count). The van der Waals surface area contributed by atoms with Crippen molar-refractivity contribution in [2.24, 2.45) is 5.92 Å². The van der Waals surface area contributed by atoms with E-state index in [2.05, 4.69) is 17.1 Å². The summed E-state index contributed by atoms with van der Waals surface area (Å²) in [6.45, 7) is 7.04. The highest BCUT2D eigenvalue weighted by Gasteiger charge is 2.18. The Morgan fingerprint density at radius 3 is 2.76 bits per heavy atom. The molecule has 0 saturated carbocycles. The maximum absolute atomic E-state index is 10.9. The quantitative estimate of drug-likeness (QED) is 0.648. The van der Waals surface area contributed by atoms with Crippen LogP contribution in [0.15, 0.2) is 18.2 Å². The highest BCUT2D eigenvalue weighted by Crippen LogP contribution is 2.26. The molecule has 0 radical (unpaired) electrons. The van der Waals surface area contributed by atoms with Gasteiger partial charge in [-0.05, 0) is 50.0 Å². The molecule has 0 aromatic heterocycles. The number of hydrogen-bond donors (Lipinski definition) is 1. The lowest BCUT2D eigenvalue weighted by Gasteiger charge is -2.29. The molecule has 1 heterocycles. The van der Waals surface area contributed by atoms with Gasteiger partial charge in [0.15, 0.2) is 0 Å². The molecule has 5 nitrogen and oxygen atoms in total. The van der Waals surface area contributed by atoms with Gasteiger partial charge in [-0.2, -0.15) is 0 Å². The van der Waals surface area contributed by atoms with Crippen LogP contribution < -0.4 is 5.32 Å². The lowest BCUT2D eigenvalue weighted by Crippen LogP contribution is -2.35. The van der Waals surface area contributed by atoms with Crippen LogP contribution in [0.5, 0.6) is 0 Å². The second-order valence-electron chi connectivity index (χ2n) is 5.56. The van der Waals surface area contributed by atoms with Gasteiger partial charge in [-0.15, -0.1) is 0 Å². The minimum Gasteiger partial charge on any atom is -0.317 e. The van der Waals surface area contributed by atoms with E-state index < -0.39 is 4.92 Å². The number of halogens is 1. The standard InChI is InChI=1S/C15H22ClN3O2/c1-2-18(10-12-5-7-17-8-6-12)11-13-3-4-14(16)15(9-13)19(20)21/h3-4,9,12,17H,2,5-8,10-11H2,1H3. The predicted octanol–water partition coefficient (Wildman–Crippen LogP) is 3.07. The van der Waals surface area contributed by atoms with Crippen LogP contribution >= 0.6 is 11.6 Å². The van der Waals surface area contributed by atoms with Gasteiger partial charge < -0.3 is 5.32 Å². The third-order valence-electron chi connectivity index (χ3n) is 4.04. The Kier molecular flexibility index (Phi) is 5.96. The molecule has 1 fully saturated rings. The van der Waals surface area contributed by atoms with Crippen LogP contribution in [0, 0.1) is 16.0 Å². The van der Waals surface area contributed by atoms with E-state index in [1.165, 1.54) is 12.8 Å². The monoisotopic (exact) mass is 311 g/mol. The zero-order valence-corrected chi connectivity index (χ0v) is 13.1. The number of rotatable bonds is 6. The molecule has 1 aromatic carbocycles. The summed E-state index contributed by atoms with van der Waals surface area (Å²) in [7, 11) is 0. The molecule has 0 unspecified atom stereocenters. The molecule has 0 aliphatic carbocycles. The number of nitro benzene ring substituents is 1. The summed E-state index contributed by atoms with van der Waals surface area (Å²) in [6.07, 6.45) is 2.41. The highest BCUT2D eigenvalue weighted by atomic mass is 35.5. The van der Waals surface area contributed by atoms with Crippen LogP contribution in [0.2, 0.25) is 5.02 Å². The van der Waals surface area contributed by atoms with Gasteiger partial charge in [0.1, 0.15) is 5.02 Å². The number of piperidine rings is 1. The normalized spacial score (nSPS) is 16.3. The summed E-state index contributed by atoms with van der Waals surface area (Å²) in [5, 5.41) is 14.5. The van der Waals surface area contributed by atoms with Crippen LogP contribution in [-0.4, -0.2) is 36.0 Å². The number of nitrogens with zero attached hydrogens (tertiary/aromatic N) is 2. The topological polar surface area (TPSA) is 58.4 Å². The summed E-state index contributed by atoms with van der Waals surface area (Å²) in [5.74, 6) is 0.716. The number of nitrogens with one attached hydrogen (secondary N) is 1. The van der Waals surface area contributed by atoms with Gasteiger partial charge >= 0.3 is 0 Å². The number of nitro groups is 1. The van der Waals surface area contributed by atoms with Gasteiger partial charge in [-0.25, -0.2) is 0 Å². The first-order chi connectivity index (χ1) is 10.1. The fourth-order valence-corrected chi connectivity index (χ4v) is 2.98. The maximum atomic E-state index is 10.9. The van der Waals surface area contributed by atoms with Crippen molar-refractivity contribution in [3.63, 3.8) is 0 Å². The minimum atomic E-state index is -0.422. The molecule has 1 aliphatic rings. The van der Waals surface area contributed by atoms with Gasteiger partial charge in [0.05, 0.1) is 4.92 Å². The molecular formula is C15H22ClN3O2. The first-order valence-corrected chi connectivity index (χ1v) is 7.83. The van der Waals surface area contributed by atoms with Crippen molar-refractivity contribution in [1.29, 1.82) is 0 Å². The highest BCUT2D eigenvalue weighted by molar-refractivity contribution is 6.32. The van der Waals surface area contributed by atoms with Gasteiger partial charge in [-0.3, -0.25) is 15.0 Å². The largest absolute Gasteiger partial charge is 0.317 e. The molecule has 116 valence electrons. The lowest BCUT2D eigenvalue weighted by atomic mass is 9.97. The van der Waals surface area contributed by atoms with Crippen LogP contribution in [-0.2, 0) is 6.54 Å². The van der Waals surface area contributed by atoms with Crippen LogP contribution in [0.3, 0.4) is 0 Å². The average molecular weight is 312 g/mol. The Bertz CT molecular complexity index is 490. The number of benzene rings is 1. The molecule has 21 heavy (non-hydrogen) atoms. The van der Waals surface area contributed by atoms with E-state index in [0.29, 0.717) is 5.92 Å². The third kappa shape index (κ3) is 4.66.